The van der Waals surface area contributed by atoms with Crippen LogP contribution >= 0.6 is 8.25 Å². The molecule has 12 heavy (non-hydrogen) atoms. The first kappa shape index (κ1) is 9.51. The zero-order valence-electron chi connectivity index (χ0n) is 6.36. The van der Waals surface area contributed by atoms with E-state index in [1.165, 1.54) is 4.90 Å². The minimum atomic E-state index is -3.16. The van der Waals surface area contributed by atoms with Crippen LogP contribution in [0.4, 0.5) is 4.79 Å². The lowest BCUT2D eigenvalue weighted by Crippen LogP contribution is -2.40. The molecule has 7 heteroatoms. The number of nitrogens with zero attached hydrogens (tertiary/aromatic N) is 1. The molecule has 1 rings (SSSR count). The number of morpholine rings is 1. The summed E-state index contributed by atoms with van der Waals surface area (Å²) in [5, 5.41) is 0. The van der Waals surface area contributed by atoms with Crippen molar-refractivity contribution < 1.29 is 23.5 Å². The van der Waals surface area contributed by atoms with Gasteiger partial charge in [-0.3, -0.25) is 0 Å². The van der Waals surface area contributed by atoms with Gasteiger partial charge in [0, 0.05) is 13.1 Å². The first-order valence-corrected chi connectivity index (χ1v) is 4.74. The van der Waals surface area contributed by atoms with E-state index in [0.717, 1.165) is 0 Å². The minimum Gasteiger partial charge on any atom is -0.378 e. The molecular formula is C5H10NO5P. The SMILES string of the molecule is O=C(O[PH](=O)O)N1CCOCC1. The Balaban J connectivity index is 2.34. The molecule has 0 saturated carbocycles. The molecule has 1 N–H and O–H groups in total. The lowest BCUT2D eigenvalue weighted by molar-refractivity contribution is 0.0413. The molecule has 1 saturated heterocycles. The van der Waals surface area contributed by atoms with E-state index in [4.69, 9.17) is 9.63 Å². The number of amides is 1. The van der Waals surface area contributed by atoms with E-state index in [1.807, 2.05) is 0 Å². The predicted molar refractivity (Wildman–Crippen MR) is 40.1 cm³/mol. The van der Waals surface area contributed by atoms with Crippen molar-refractivity contribution >= 4 is 14.3 Å². The molecule has 6 nitrogen and oxygen atoms in total. The molecule has 0 bridgehead atoms. The van der Waals surface area contributed by atoms with Crippen molar-refractivity contribution in [3.05, 3.63) is 0 Å². The summed E-state index contributed by atoms with van der Waals surface area (Å²) < 4.78 is 19.2. The standard InChI is InChI=1S/C5H10NO5P/c7-5(11-12(8)9)6-1-3-10-4-2-6/h12H,1-4H2,(H,8,9). The fourth-order valence-corrected chi connectivity index (χ4v) is 1.16. The summed E-state index contributed by atoms with van der Waals surface area (Å²) in [6, 6.07) is 0. The Labute approximate surface area is 70.0 Å². The quantitative estimate of drug-likeness (QED) is 0.588. The molecule has 1 aliphatic rings. The number of rotatable bonds is 1. The highest BCUT2D eigenvalue weighted by Gasteiger charge is 2.18. The molecule has 1 amide bonds. The molecule has 1 heterocycles. The van der Waals surface area contributed by atoms with Gasteiger partial charge in [0.15, 0.2) is 0 Å². The second-order valence-corrected chi connectivity index (χ2v) is 2.97. The third-order valence-corrected chi connectivity index (χ3v) is 1.79. The van der Waals surface area contributed by atoms with Gasteiger partial charge in [0.1, 0.15) is 0 Å². The number of hydrogen-bond acceptors (Lipinski definition) is 4. The zero-order chi connectivity index (χ0) is 8.97. The van der Waals surface area contributed by atoms with Gasteiger partial charge in [-0.25, -0.2) is 9.36 Å². The van der Waals surface area contributed by atoms with Crippen LogP contribution < -0.4 is 0 Å². The summed E-state index contributed by atoms with van der Waals surface area (Å²) in [5.74, 6) is 0. The number of carbonyl (C=O) groups is 1. The van der Waals surface area contributed by atoms with Crippen LogP contribution in [0.2, 0.25) is 0 Å². The minimum absolute atomic E-state index is 0.411. The number of hydrogen-bond donors (Lipinski definition) is 1. The van der Waals surface area contributed by atoms with Crippen LogP contribution in [0.25, 0.3) is 0 Å². The molecule has 0 aromatic rings. The van der Waals surface area contributed by atoms with Crippen LogP contribution in [0.3, 0.4) is 0 Å². The Morgan fingerprint density at radius 2 is 2.08 bits per heavy atom. The summed E-state index contributed by atoms with van der Waals surface area (Å²) in [7, 11) is -3.16. The zero-order valence-corrected chi connectivity index (χ0v) is 7.36. The van der Waals surface area contributed by atoms with E-state index >= 15 is 0 Å². The molecule has 1 aliphatic heterocycles. The molecule has 0 radical (unpaired) electrons. The van der Waals surface area contributed by atoms with Crippen LogP contribution in [0.1, 0.15) is 0 Å². The maximum atomic E-state index is 10.9. The van der Waals surface area contributed by atoms with Gasteiger partial charge in [-0.2, -0.15) is 0 Å². The van der Waals surface area contributed by atoms with E-state index in [9.17, 15) is 9.36 Å². The Morgan fingerprint density at radius 1 is 1.50 bits per heavy atom. The number of carbonyl (C=O) groups excluding carboxylic acids is 1. The van der Waals surface area contributed by atoms with Gasteiger partial charge in [-0.15, -0.1) is 0 Å². The molecule has 70 valence electrons. The van der Waals surface area contributed by atoms with Crippen LogP contribution in [0.15, 0.2) is 0 Å². The fourth-order valence-electron chi connectivity index (χ4n) is 0.885. The lowest BCUT2D eigenvalue weighted by atomic mass is 10.5. The highest BCUT2D eigenvalue weighted by Crippen LogP contribution is 2.16. The van der Waals surface area contributed by atoms with Gasteiger partial charge >= 0.3 is 14.3 Å². The molecule has 1 unspecified atom stereocenters. The molecule has 1 atom stereocenters. The summed E-state index contributed by atoms with van der Waals surface area (Å²) in [6.07, 6.45) is -0.746. The summed E-state index contributed by atoms with van der Waals surface area (Å²) >= 11 is 0. The second kappa shape index (κ2) is 4.45. The van der Waals surface area contributed by atoms with Crippen molar-refractivity contribution in [2.45, 2.75) is 0 Å². The molecular weight excluding hydrogens is 185 g/mol. The van der Waals surface area contributed by atoms with E-state index in [1.54, 1.807) is 0 Å². The van der Waals surface area contributed by atoms with Gasteiger partial charge in [0.2, 0.25) is 0 Å². The maximum Gasteiger partial charge on any atom is 0.416 e. The first-order valence-electron chi connectivity index (χ1n) is 3.47. The summed E-state index contributed by atoms with van der Waals surface area (Å²) in [6.45, 7) is 1.71. The van der Waals surface area contributed by atoms with Gasteiger partial charge < -0.3 is 19.1 Å². The second-order valence-electron chi connectivity index (χ2n) is 2.23. The molecule has 1 fully saturated rings. The highest BCUT2D eigenvalue weighted by molar-refractivity contribution is 7.32. The van der Waals surface area contributed by atoms with Crippen molar-refractivity contribution in [3.63, 3.8) is 0 Å². The average molecular weight is 195 g/mol. The summed E-state index contributed by atoms with van der Waals surface area (Å²) in [4.78, 5) is 20.6. The fraction of sp³-hybridized carbons (Fsp3) is 0.800. The molecule has 0 spiro atoms. The third-order valence-electron chi connectivity index (χ3n) is 1.44. The largest absolute Gasteiger partial charge is 0.416 e. The van der Waals surface area contributed by atoms with Crippen molar-refractivity contribution in [1.29, 1.82) is 0 Å². The Hall–Kier alpha value is -0.580. The van der Waals surface area contributed by atoms with Gasteiger partial charge in [0.05, 0.1) is 13.2 Å². The van der Waals surface area contributed by atoms with E-state index in [0.29, 0.717) is 26.3 Å². The van der Waals surface area contributed by atoms with Crippen LogP contribution in [-0.4, -0.2) is 42.2 Å². The predicted octanol–water partition coefficient (Wildman–Crippen LogP) is -0.163. The van der Waals surface area contributed by atoms with Crippen LogP contribution in [0, 0.1) is 0 Å². The van der Waals surface area contributed by atoms with Gasteiger partial charge in [-0.05, 0) is 0 Å². The Bertz CT molecular complexity index is 190. The van der Waals surface area contributed by atoms with Gasteiger partial charge in [-0.1, -0.05) is 0 Å². The van der Waals surface area contributed by atoms with Crippen molar-refractivity contribution in [1.82, 2.24) is 4.90 Å². The molecule has 0 aromatic heterocycles. The Kier molecular flexibility index (Phi) is 3.52. The van der Waals surface area contributed by atoms with E-state index in [2.05, 4.69) is 4.52 Å². The smallest absolute Gasteiger partial charge is 0.378 e. The number of ether oxygens (including phenoxy) is 1. The topological polar surface area (TPSA) is 76.1 Å². The van der Waals surface area contributed by atoms with Gasteiger partial charge in [0.25, 0.3) is 0 Å². The average Bonchev–Trinajstić information content (AvgIpc) is 2.05. The van der Waals surface area contributed by atoms with E-state index in [-0.39, 0.29) is 0 Å². The molecule has 0 aromatic carbocycles. The maximum absolute atomic E-state index is 10.9. The Morgan fingerprint density at radius 3 is 2.58 bits per heavy atom. The van der Waals surface area contributed by atoms with Crippen molar-refractivity contribution in [2.75, 3.05) is 26.3 Å². The third kappa shape index (κ3) is 2.81. The first-order chi connectivity index (χ1) is 5.70. The van der Waals surface area contributed by atoms with Crippen LogP contribution in [-0.2, 0) is 13.8 Å². The highest BCUT2D eigenvalue weighted by atomic mass is 31.1. The molecule has 0 aliphatic carbocycles. The van der Waals surface area contributed by atoms with Crippen molar-refractivity contribution in [3.8, 4) is 0 Å². The monoisotopic (exact) mass is 195 g/mol. The van der Waals surface area contributed by atoms with Crippen molar-refractivity contribution in [2.24, 2.45) is 0 Å². The van der Waals surface area contributed by atoms with E-state index < -0.39 is 14.3 Å². The van der Waals surface area contributed by atoms with Crippen LogP contribution in [0.5, 0.6) is 0 Å². The summed E-state index contributed by atoms with van der Waals surface area (Å²) in [5.41, 5.74) is 0. The lowest BCUT2D eigenvalue weighted by Gasteiger charge is -2.25. The normalized spacial score (nSPS) is 20.2.